The third-order valence-corrected chi connectivity index (χ3v) is 3.58. The fraction of sp³-hybridized carbons (Fsp3) is 0.0588. The second-order valence-corrected chi connectivity index (χ2v) is 5.05. The molecule has 0 saturated carbocycles. The highest BCUT2D eigenvalue weighted by Crippen LogP contribution is 2.36. The molecule has 4 rings (SSSR count). The summed E-state index contributed by atoms with van der Waals surface area (Å²) in [5.74, 6) is 1.13. The summed E-state index contributed by atoms with van der Waals surface area (Å²) >= 11 is 0. The molecule has 1 amide bonds. The summed E-state index contributed by atoms with van der Waals surface area (Å²) in [7, 11) is 0. The number of hydrogen-bond acceptors (Lipinski definition) is 4. The van der Waals surface area contributed by atoms with E-state index in [0.717, 1.165) is 11.3 Å². The Bertz CT molecular complexity index is 859. The van der Waals surface area contributed by atoms with Gasteiger partial charge in [-0.1, -0.05) is 18.2 Å². The number of para-hydroxylation sites is 1. The first kappa shape index (κ1) is 13.4. The molecule has 0 aliphatic carbocycles. The highest BCUT2D eigenvalue weighted by Gasteiger charge is 2.19. The lowest BCUT2D eigenvalue weighted by Gasteiger charge is -2.06. The average molecular weight is 307 g/mol. The minimum absolute atomic E-state index is 0.211. The van der Waals surface area contributed by atoms with Gasteiger partial charge < -0.3 is 14.8 Å². The van der Waals surface area contributed by atoms with E-state index in [1.165, 1.54) is 6.20 Å². The van der Waals surface area contributed by atoms with E-state index in [1.807, 2.05) is 48.5 Å². The van der Waals surface area contributed by atoms with Crippen LogP contribution in [0.25, 0.3) is 11.3 Å². The molecule has 3 aromatic rings. The van der Waals surface area contributed by atoms with E-state index in [0.29, 0.717) is 22.8 Å². The van der Waals surface area contributed by atoms with Crippen LogP contribution in [0.5, 0.6) is 11.5 Å². The zero-order chi connectivity index (χ0) is 15.6. The molecule has 1 aliphatic heterocycles. The molecular formula is C17H13N3O3. The number of rotatable bonds is 3. The normalized spacial score (nSPS) is 12.2. The van der Waals surface area contributed by atoms with Crippen molar-refractivity contribution in [2.75, 3.05) is 12.1 Å². The van der Waals surface area contributed by atoms with Gasteiger partial charge in [-0.25, -0.2) is 0 Å². The Morgan fingerprint density at radius 3 is 2.78 bits per heavy atom. The number of ether oxygens (including phenoxy) is 2. The summed E-state index contributed by atoms with van der Waals surface area (Å²) in [5.41, 5.74) is 2.64. The van der Waals surface area contributed by atoms with Crippen molar-refractivity contribution in [3.05, 3.63) is 60.3 Å². The van der Waals surface area contributed by atoms with Crippen LogP contribution in [0.2, 0.25) is 0 Å². The maximum absolute atomic E-state index is 12.5. The van der Waals surface area contributed by atoms with Crippen LogP contribution in [0.3, 0.4) is 0 Å². The van der Waals surface area contributed by atoms with Gasteiger partial charge in [-0.2, -0.15) is 5.10 Å². The first-order valence-electron chi connectivity index (χ1n) is 7.11. The van der Waals surface area contributed by atoms with Gasteiger partial charge in [0.2, 0.25) is 6.79 Å². The molecule has 2 heterocycles. The molecule has 0 bridgehead atoms. The van der Waals surface area contributed by atoms with E-state index in [9.17, 15) is 4.79 Å². The second-order valence-electron chi connectivity index (χ2n) is 5.05. The van der Waals surface area contributed by atoms with Gasteiger partial charge in [-0.05, 0) is 30.3 Å². The Morgan fingerprint density at radius 1 is 1.09 bits per heavy atom. The lowest BCUT2D eigenvalue weighted by molar-refractivity contribution is 0.102. The van der Waals surface area contributed by atoms with E-state index in [-0.39, 0.29) is 12.7 Å². The van der Waals surface area contributed by atoms with Crippen LogP contribution in [0, 0.1) is 0 Å². The Hall–Kier alpha value is -3.28. The first-order chi connectivity index (χ1) is 11.3. The first-order valence-corrected chi connectivity index (χ1v) is 7.11. The molecule has 2 aromatic carbocycles. The Balaban J connectivity index is 1.64. The number of carbonyl (C=O) groups is 1. The van der Waals surface area contributed by atoms with E-state index < -0.39 is 0 Å². The van der Waals surface area contributed by atoms with Crippen LogP contribution in [0.15, 0.2) is 54.7 Å². The molecule has 0 radical (unpaired) electrons. The highest BCUT2D eigenvalue weighted by molar-refractivity contribution is 6.08. The molecule has 0 spiro atoms. The molecule has 23 heavy (non-hydrogen) atoms. The fourth-order valence-corrected chi connectivity index (χ4v) is 2.45. The van der Waals surface area contributed by atoms with Crippen molar-refractivity contribution in [1.29, 1.82) is 0 Å². The van der Waals surface area contributed by atoms with Crippen LogP contribution in [-0.2, 0) is 0 Å². The molecular weight excluding hydrogens is 294 g/mol. The Kier molecular flexibility index (Phi) is 3.20. The highest BCUT2D eigenvalue weighted by atomic mass is 16.7. The maximum atomic E-state index is 12.5. The number of hydrogen-bond donors (Lipinski definition) is 2. The molecule has 2 N–H and O–H groups in total. The molecule has 1 aromatic heterocycles. The van der Waals surface area contributed by atoms with Gasteiger partial charge in [0.1, 0.15) is 0 Å². The van der Waals surface area contributed by atoms with Crippen molar-refractivity contribution in [1.82, 2.24) is 10.2 Å². The molecule has 114 valence electrons. The number of H-pyrrole nitrogens is 1. The molecule has 0 unspecified atom stereocenters. The van der Waals surface area contributed by atoms with Crippen molar-refractivity contribution in [2.24, 2.45) is 0 Å². The average Bonchev–Trinajstić information content (AvgIpc) is 3.24. The van der Waals surface area contributed by atoms with Crippen LogP contribution in [-0.4, -0.2) is 22.9 Å². The molecule has 0 fully saturated rings. The van der Waals surface area contributed by atoms with Gasteiger partial charge in [0, 0.05) is 11.3 Å². The fourth-order valence-electron chi connectivity index (χ4n) is 2.45. The summed E-state index contributed by atoms with van der Waals surface area (Å²) in [6.07, 6.45) is 1.51. The predicted octanol–water partition coefficient (Wildman–Crippen LogP) is 3.06. The topological polar surface area (TPSA) is 76.2 Å². The number of anilines is 1. The largest absolute Gasteiger partial charge is 0.454 e. The Labute approximate surface area is 132 Å². The number of carbonyl (C=O) groups excluding carboxylic acids is 1. The van der Waals surface area contributed by atoms with Crippen LogP contribution in [0.4, 0.5) is 5.69 Å². The lowest BCUT2D eigenvalue weighted by atomic mass is 10.1. The summed E-state index contributed by atoms with van der Waals surface area (Å²) in [6, 6.07) is 14.8. The van der Waals surface area contributed by atoms with Crippen LogP contribution >= 0.6 is 0 Å². The predicted molar refractivity (Wildman–Crippen MR) is 84.5 cm³/mol. The van der Waals surface area contributed by atoms with Gasteiger partial charge in [0.15, 0.2) is 11.5 Å². The summed E-state index contributed by atoms with van der Waals surface area (Å²) < 4.78 is 10.7. The smallest absolute Gasteiger partial charge is 0.259 e. The van der Waals surface area contributed by atoms with E-state index >= 15 is 0 Å². The third-order valence-electron chi connectivity index (χ3n) is 3.58. The number of nitrogens with one attached hydrogen (secondary N) is 2. The lowest BCUT2D eigenvalue weighted by Crippen LogP contribution is -2.12. The number of nitrogens with zero attached hydrogens (tertiary/aromatic N) is 1. The van der Waals surface area contributed by atoms with E-state index in [1.54, 1.807) is 0 Å². The number of fused-ring (bicyclic) bond motifs is 1. The number of aromatic amines is 1. The van der Waals surface area contributed by atoms with Gasteiger partial charge in [0.25, 0.3) is 5.91 Å². The van der Waals surface area contributed by atoms with Crippen molar-refractivity contribution in [3.8, 4) is 22.8 Å². The SMILES string of the molecule is O=C(Nc1ccccc1)c1cn[nH]c1-c1ccc2c(c1)OCO2. The number of aromatic nitrogens is 2. The second kappa shape index (κ2) is 5.49. The summed E-state index contributed by atoms with van der Waals surface area (Å²) in [5, 5.41) is 9.72. The standard InChI is InChI=1S/C17H13N3O3/c21-17(19-12-4-2-1-3-5-12)13-9-18-20-16(13)11-6-7-14-15(8-11)23-10-22-14/h1-9H,10H2,(H,18,20)(H,19,21). The minimum atomic E-state index is -0.224. The summed E-state index contributed by atoms with van der Waals surface area (Å²) in [6.45, 7) is 0.211. The quantitative estimate of drug-likeness (QED) is 0.779. The van der Waals surface area contributed by atoms with Crippen molar-refractivity contribution < 1.29 is 14.3 Å². The van der Waals surface area contributed by atoms with Gasteiger partial charge >= 0.3 is 0 Å². The summed E-state index contributed by atoms with van der Waals surface area (Å²) in [4.78, 5) is 12.5. The zero-order valence-corrected chi connectivity index (χ0v) is 12.1. The van der Waals surface area contributed by atoms with Gasteiger partial charge in [-0.3, -0.25) is 9.89 Å². The van der Waals surface area contributed by atoms with E-state index in [2.05, 4.69) is 15.5 Å². The molecule has 0 saturated heterocycles. The van der Waals surface area contributed by atoms with Crippen LogP contribution in [0.1, 0.15) is 10.4 Å². The number of benzene rings is 2. The third kappa shape index (κ3) is 2.50. The number of amides is 1. The van der Waals surface area contributed by atoms with Gasteiger partial charge in [0.05, 0.1) is 17.5 Å². The van der Waals surface area contributed by atoms with Crippen molar-refractivity contribution in [2.45, 2.75) is 0 Å². The molecule has 0 atom stereocenters. The molecule has 6 heteroatoms. The molecule has 1 aliphatic rings. The maximum Gasteiger partial charge on any atom is 0.259 e. The van der Waals surface area contributed by atoms with Gasteiger partial charge in [-0.15, -0.1) is 0 Å². The zero-order valence-electron chi connectivity index (χ0n) is 12.1. The monoisotopic (exact) mass is 307 g/mol. The van der Waals surface area contributed by atoms with Crippen LogP contribution < -0.4 is 14.8 Å². The van der Waals surface area contributed by atoms with E-state index in [4.69, 9.17) is 9.47 Å². The molecule has 6 nitrogen and oxygen atoms in total. The minimum Gasteiger partial charge on any atom is -0.454 e. The van der Waals surface area contributed by atoms with Crippen molar-refractivity contribution in [3.63, 3.8) is 0 Å². The van der Waals surface area contributed by atoms with Crippen molar-refractivity contribution >= 4 is 11.6 Å². The Morgan fingerprint density at radius 2 is 1.91 bits per heavy atom.